The molecule has 0 radical (unpaired) electrons. The maximum absolute atomic E-state index is 8.64. The van der Waals surface area contributed by atoms with Crippen LogP contribution in [-0.2, 0) is 0 Å². The van der Waals surface area contributed by atoms with Gasteiger partial charge in [0.15, 0.2) is 7.98 Å². The lowest BCUT2D eigenvalue weighted by Crippen LogP contribution is -2.31. The maximum Gasteiger partial charge on any atom is 0.185 e. The average Bonchev–Trinajstić information content (AvgIpc) is 2.04. The third-order valence-corrected chi connectivity index (χ3v) is 2.61. The van der Waals surface area contributed by atoms with Crippen LogP contribution < -0.4 is 0 Å². The zero-order valence-corrected chi connectivity index (χ0v) is 7.42. The van der Waals surface area contributed by atoms with Crippen molar-refractivity contribution in [2.75, 3.05) is 19.7 Å². The van der Waals surface area contributed by atoms with Gasteiger partial charge < -0.3 is 9.92 Å². The largest absolute Gasteiger partial charge is 0.396 e. The molecule has 0 aromatic heterocycles. The molecule has 0 bridgehead atoms. The van der Waals surface area contributed by atoms with Crippen molar-refractivity contribution < 1.29 is 5.11 Å². The van der Waals surface area contributed by atoms with Crippen molar-refractivity contribution in [2.24, 2.45) is 5.92 Å². The summed E-state index contributed by atoms with van der Waals surface area (Å²) in [5, 5.41) is 8.64. The highest BCUT2D eigenvalue weighted by Crippen LogP contribution is 2.20. The zero-order chi connectivity index (χ0) is 8.10. The van der Waals surface area contributed by atoms with Gasteiger partial charge in [-0.3, -0.25) is 0 Å². The van der Waals surface area contributed by atoms with E-state index in [1.165, 1.54) is 32.4 Å². The maximum atomic E-state index is 8.64. The van der Waals surface area contributed by atoms with Gasteiger partial charge in [-0.15, -0.1) is 0 Å². The van der Waals surface area contributed by atoms with Crippen LogP contribution in [0.5, 0.6) is 0 Å². The zero-order valence-electron chi connectivity index (χ0n) is 7.42. The van der Waals surface area contributed by atoms with Gasteiger partial charge in [-0.1, -0.05) is 0 Å². The van der Waals surface area contributed by atoms with Crippen LogP contribution in [0.25, 0.3) is 0 Å². The van der Waals surface area contributed by atoms with E-state index >= 15 is 0 Å². The van der Waals surface area contributed by atoms with Crippen molar-refractivity contribution in [2.45, 2.75) is 25.7 Å². The number of aliphatic hydroxyl groups is 1. The van der Waals surface area contributed by atoms with Gasteiger partial charge in [0.05, 0.1) is 0 Å². The third-order valence-electron chi connectivity index (χ3n) is 2.61. The highest BCUT2D eigenvalue weighted by atomic mass is 16.2. The molecule has 0 aromatic rings. The van der Waals surface area contributed by atoms with E-state index in [2.05, 4.69) is 12.8 Å². The Bertz CT molecular complexity index is 99.5. The molecule has 0 amide bonds. The van der Waals surface area contributed by atoms with Crippen LogP contribution in [-0.4, -0.2) is 37.6 Å². The Hall–Kier alpha value is -0.0151. The molecule has 0 aliphatic carbocycles. The molecule has 1 N–H and O–H groups in total. The van der Waals surface area contributed by atoms with Crippen molar-refractivity contribution in [3.05, 3.63) is 0 Å². The third kappa shape index (κ3) is 3.26. The minimum Gasteiger partial charge on any atom is -0.396 e. The normalized spacial score (nSPS) is 22.3. The Balaban J connectivity index is 2.07. The first-order chi connectivity index (χ1) is 5.33. The van der Waals surface area contributed by atoms with E-state index in [1.807, 2.05) is 0 Å². The summed E-state index contributed by atoms with van der Waals surface area (Å²) >= 11 is 0. The molecule has 1 rings (SSSR count). The molecular weight excluding hydrogens is 137 g/mol. The van der Waals surface area contributed by atoms with Gasteiger partial charge in [-0.2, -0.15) is 0 Å². The SMILES string of the molecule is BN1CCC(CCCO)CC1. The topological polar surface area (TPSA) is 23.5 Å². The molecule has 0 saturated carbocycles. The molecule has 1 fully saturated rings. The fourth-order valence-electron chi connectivity index (χ4n) is 1.73. The molecule has 1 saturated heterocycles. The summed E-state index contributed by atoms with van der Waals surface area (Å²) in [7, 11) is 2.18. The lowest BCUT2D eigenvalue weighted by atomic mass is 9.91. The fraction of sp³-hybridized carbons (Fsp3) is 1.00. The molecule has 1 aliphatic heterocycles. The number of aliphatic hydroxyl groups excluding tert-OH is 1. The van der Waals surface area contributed by atoms with Crippen LogP contribution in [0.15, 0.2) is 0 Å². The van der Waals surface area contributed by atoms with Gasteiger partial charge in [-0.25, -0.2) is 0 Å². The molecule has 0 atom stereocenters. The Kier molecular flexibility index (Phi) is 3.94. The second-order valence-electron chi connectivity index (χ2n) is 3.61. The molecule has 64 valence electrons. The Morgan fingerprint density at radius 3 is 2.55 bits per heavy atom. The van der Waals surface area contributed by atoms with Crippen molar-refractivity contribution in [3.8, 4) is 0 Å². The summed E-state index contributed by atoms with van der Waals surface area (Å²) < 4.78 is 0. The molecule has 0 aromatic carbocycles. The second kappa shape index (κ2) is 4.78. The standard InChI is InChI=1S/C8H18BNO/c9-10-5-3-8(4-6-10)2-1-7-11/h8,11H,1-7,9H2. The summed E-state index contributed by atoms with van der Waals surface area (Å²) in [4.78, 5) is 2.38. The first-order valence-corrected chi connectivity index (χ1v) is 4.62. The first kappa shape index (κ1) is 9.08. The van der Waals surface area contributed by atoms with Crippen molar-refractivity contribution in [3.63, 3.8) is 0 Å². The van der Waals surface area contributed by atoms with Gasteiger partial charge in [0, 0.05) is 6.61 Å². The monoisotopic (exact) mass is 155 g/mol. The van der Waals surface area contributed by atoms with E-state index in [4.69, 9.17) is 5.11 Å². The molecule has 0 unspecified atom stereocenters. The smallest absolute Gasteiger partial charge is 0.185 e. The van der Waals surface area contributed by atoms with Crippen LogP contribution in [0.4, 0.5) is 0 Å². The van der Waals surface area contributed by atoms with Crippen molar-refractivity contribution in [1.82, 2.24) is 4.81 Å². The van der Waals surface area contributed by atoms with Crippen molar-refractivity contribution in [1.29, 1.82) is 0 Å². The fourth-order valence-corrected chi connectivity index (χ4v) is 1.73. The van der Waals surface area contributed by atoms with Gasteiger partial charge in [0.1, 0.15) is 0 Å². The predicted molar refractivity (Wildman–Crippen MR) is 49.2 cm³/mol. The summed E-state index contributed by atoms with van der Waals surface area (Å²) in [5.41, 5.74) is 0. The average molecular weight is 155 g/mol. The van der Waals surface area contributed by atoms with E-state index in [0.717, 1.165) is 12.3 Å². The van der Waals surface area contributed by atoms with Gasteiger partial charge in [-0.05, 0) is 44.7 Å². The number of piperidine rings is 1. The summed E-state index contributed by atoms with van der Waals surface area (Å²) in [5.74, 6) is 0.887. The minimum atomic E-state index is 0.367. The van der Waals surface area contributed by atoms with Gasteiger partial charge in [0.2, 0.25) is 0 Å². The number of nitrogens with zero attached hydrogens (tertiary/aromatic N) is 1. The highest BCUT2D eigenvalue weighted by Gasteiger charge is 2.15. The Morgan fingerprint density at radius 1 is 1.36 bits per heavy atom. The number of hydrogen-bond acceptors (Lipinski definition) is 2. The summed E-state index contributed by atoms with van der Waals surface area (Å²) in [6, 6.07) is 0. The van der Waals surface area contributed by atoms with E-state index in [9.17, 15) is 0 Å². The number of rotatable bonds is 3. The minimum absolute atomic E-state index is 0.367. The summed E-state index contributed by atoms with van der Waals surface area (Å²) in [6.07, 6.45) is 4.88. The second-order valence-corrected chi connectivity index (χ2v) is 3.61. The van der Waals surface area contributed by atoms with Crippen LogP contribution in [0.1, 0.15) is 25.7 Å². The lowest BCUT2D eigenvalue weighted by molar-refractivity contribution is 0.233. The van der Waals surface area contributed by atoms with Gasteiger partial charge >= 0.3 is 0 Å². The Labute approximate surface area is 70.0 Å². The quantitative estimate of drug-likeness (QED) is 0.580. The molecular formula is C8H18BNO. The van der Waals surface area contributed by atoms with Crippen molar-refractivity contribution >= 4 is 7.98 Å². The molecule has 1 heterocycles. The molecule has 3 heteroatoms. The molecule has 1 aliphatic rings. The number of hydrogen-bond donors (Lipinski definition) is 1. The van der Waals surface area contributed by atoms with E-state index < -0.39 is 0 Å². The lowest BCUT2D eigenvalue weighted by Gasteiger charge is -2.29. The van der Waals surface area contributed by atoms with Crippen LogP contribution in [0, 0.1) is 5.92 Å². The molecule has 2 nitrogen and oxygen atoms in total. The van der Waals surface area contributed by atoms with E-state index in [0.29, 0.717) is 6.61 Å². The highest BCUT2D eigenvalue weighted by molar-refractivity contribution is 6.04. The Morgan fingerprint density at radius 2 is 2.00 bits per heavy atom. The van der Waals surface area contributed by atoms with Crippen LogP contribution in [0.2, 0.25) is 0 Å². The molecule has 0 spiro atoms. The summed E-state index contributed by atoms with van der Waals surface area (Å²) in [6.45, 7) is 2.86. The van der Waals surface area contributed by atoms with E-state index in [1.54, 1.807) is 0 Å². The van der Waals surface area contributed by atoms with E-state index in [-0.39, 0.29) is 0 Å². The van der Waals surface area contributed by atoms with Crippen LogP contribution in [0.3, 0.4) is 0 Å². The predicted octanol–water partition coefficient (Wildman–Crippen LogP) is 0.0190. The van der Waals surface area contributed by atoms with Gasteiger partial charge in [0.25, 0.3) is 0 Å². The molecule has 11 heavy (non-hydrogen) atoms. The first-order valence-electron chi connectivity index (χ1n) is 4.62. The van der Waals surface area contributed by atoms with Crippen LogP contribution >= 0.6 is 0 Å².